The molecule has 0 saturated heterocycles. The third-order valence-electron chi connectivity index (χ3n) is 5.08. The van der Waals surface area contributed by atoms with Gasteiger partial charge >= 0.3 is 5.97 Å². The highest BCUT2D eigenvalue weighted by Crippen LogP contribution is 2.52. The molecular formula is C23H20O2S. The number of fused-ring (bicyclic) bond motifs is 2. The summed E-state index contributed by atoms with van der Waals surface area (Å²) in [5, 5.41) is 0. The fourth-order valence-corrected chi connectivity index (χ4v) is 5.20. The first-order chi connectivity index (χ1) is 12.5. The number of carbonyl (C=O) groups excluding carboxylic acids is 1. The summed E-state index contributed by atoms with van der Waals surface area (Å²) in [6, 6.07) is 22.6. The smallest absolute Gasteiger partial charge is 0.338 e. The Morgan fingerprint density at radius 2 is 1.50 bits per heavy atom. The van der Waals surface area contributed by atoms with E-state index in [1.54, 1.807) is 11.8 Å². The molecule has 1 aliphatic rings. The van der Waals surface area contributed by atoms with Crippen LogP contribution < -0.4 is 0 Å². The summed E-state index contributed by atoms with van der Waals surface area (Å²) in [6.45, 7) is 4.53. The average Bonchev–Trinajstić information content (AvgIpc) is 2.67. The maximum atomic E-state index is 12.3. The minimum atomic E-state index is -0.307. The fraction of sp³-hybridized carbons (Fsp3) is 0.174. The van der Waals surface area contributed by atoms with Crippen LogP contribution >= 0.6 is 11.8 Å². The normalized spacial score (nSPS) is 14.3. The molecule has 1 heterocycles. The molecule has 1 aliphatic heterocycles. The fourth-order valence-electron chi connectivity index (χ4n) is 3.68. The van der Waals surface area contributed by atoms with Crippen molar-refractivity contribution in [2.75, 3.05) is 7.11 Å². The summed E-state index contributed by atoms with van der Waals surface area (Å²) >= 11 is 1.78. The summed E-state index contributed by atoms with van der Waals surface area (Å²) in [5.41, 5.74) is 5.14. The van der Waals surface area contributed by atoms with Gasteiger partial charge in [0.15, 0.2) is 0 Å². The van der Waals surface area contributed by atoms with Gasteiger partial charge in [-0.15, -0.1) is 0 Å². The van der Waals surface area contributed by atoms with Crippen LogP contribution in [0.1, 0.15) is 35.3 Å². The van der Waals surface area contributed by atoms with Crippen LogP contribution in [0.2, 0.25) is 0 Å². The first-order valence-electron chi connectivity index (χ1n) is 8.62. The first kappa shape index (κ1) is 16.9. The molecule has 0 unspecified atom stereocenters. The zero-order valence-corrected chi connectivity index (χ0v) is 15.9. The molecule has 0 aliphatic carbocycles. The number of hydrogen-bond donors (Lipinski definition) is 0. The van der Waals surface area contributed by atoms with Crippen molar-refractivity contribution in [2.45, 2.75) is 29.1 Å². The number of carbonyl (C=O) groups is 1. The van der Waals surface area contributed by atoms with Crippen molar-refractivity contribution >= 4 is 17.7 Å². The Morgan fingerprint density at radius 1 is 0.846 bits per heavy atom. The van der Waals surface area contributed by atoms with Crippen LogP contribution in [0.4, 0.5) is 0 Å². The maximum Gasteiger partial charge on any atom is 0.338 e. The van der Waals surface area contributed by atoms with E-state index < -0.39 is 0 Å². The number of benzene rings is 3. The van der Waals surface area contributed by atoms with Gasteiger partial charge in [0.2, 0.25) is 0 Å². The maximum absolute atomic E-state index is 12.3. The molecule has 0 amide bonds. The van der Waals surface area contributed by atoms with Crippen molar-refractivity contribution in [1.29, 1.82) is 0 Å². The second-order valence-electron chi connectivity index (χ2n) is 6.94. The molecule has 0 spiro atoms. The van der Waals surface area contributed by atoms with E-state index in [0.717, 1.165) is 11.1 Å². The van der Waals surface area contributed by atoms with Crippen LogP contribution in [-0.4, -0.2) is 13.1 Å². The van der Waals surface area contributed by atoms with Crippen LogP contribution in [-0.2, 0) is 10.2 Å². The molecule has 3 aromatic rings. The van der Waals surface area contributed by atoms with Gasteiger partial charge in [0.05, 0.1) is 12.7 Å². The molecule has 0 saturated carbocycles. The van der Waals surface area contributed by atoms with Gasteiger partial charge in [-0.3, -0.25) is 0 Å². The first-order valence-corrected chi connectivity index (χ1v) is 9.44. The van der Waals surface area contributed by atoms with Crippen molar-refractivity contribution in [1.82, 2.24) is 0 Å². The Labute approximate surface area is 158 Å². The molecule has 0 bridgehead atoms. The second-order valence-corrected chi connectivity index (χ2v) is 7.99. The van der Waals surface area contributed by atoms with E-state index in [4.69, 9.17) is 4.74 Å². The summed E-state index contributed by atoms with van der Waals surface area (Å²) in [7, 11) is 1.42. The van der Waals surface area contributed by atoms with Gasteiger partial charge in [0.1, 0.15) is 0 Å². The Kier molecular flexibility index (Phi) is 4.12. The number of methoxy groups -OCH3 is 1. The topological polar surface area (TPSA) is 26.3 Å². The molecule has 130 valence electrons. The summed E-state index contributed by atoms with van der Waals surface area (Å²) < 4.78 is 4.99. The lowest BCUT2D eigenvalue weighted by molar-refractivity contribution is 0.0601. The molecule has 3 aromatic carbocycles. The standard InChI is InChI=1S/C23H20O2S/c1-23(2)18-12-6-7-14-20(18)26-21-16(11-8-13-19(21)23)15-9-4-5-10-17(15)22(24)25-3/h4-14H,1-3H3. The van der Waals surface area contributed by atoms with Crippen LogP contribution in [0.15, 0.2) is 76.5 Å². The number of hydrogen-bond acceptors (Lipinski definition) is 3. The highest BCUT2D eigenvalue weighted by atomic mass is 32.2. The molecule has 0 fully saturated rings. The molecule has 0 aromatic heterocycles. The van der Waals surface area contributed by atoms with Crippen LogP contribution in [0.3, 0.4) is 0 Å². The summed E-state index contributed by atoms with van der Waals surface area (Å²) in [4.78, 5) is 14.8. The third kappa shape index (κ3) is 2.55. The summed E-state index contributed by atoms with van der Waals surface area (Å²) in [5.74, 6) is -0.307. The Balaban J connectivity index is 1.96. The van der Waals surface area contributed by atoms with Crippen molar-refractivity contribution < 1.29 is 9.53 Å². The van der Waals surface area contributed by atoms with Gasteiger partial charge in [-0.1, -0.05) is 80.2 Å². The minimum absolute atomic E-state index is 0.0899. The van der Waals surface area contributed by atoms with Crippen molar-refractivity contribution in [2.24, 2.45) is 0 Å². The lowest BCUT2D eigenvalue weighted by Gasteiger charge is -2.35. The molecular weight excluding hydrogens is 340 g/mol. The second kappa shape index (κ2) is 6.33. The SMILES string of the molecule is COC(=O)c1ccccc1-c1cccc2c1Sc1ccccc1C2(C)C. The van der Waals surface area contributed by atoms with E-state index in [1.165, 1.54) is 28.0 Å². The van der Waals surface area contributed by atoms with Gasteiger partial charge in [-0.25, -0.2) is 4.79 Å². The Morgan fingerprint density at radius 3 is 2.31 bits per heavy atom. The van der Waals surface area contributed by atoms with E-state index in [1.807, 2.05) is 24.3 Å². The molecule has 0 radical (unpaired) electrons. The highest BCUT2D eigenvalue weighted by Gasteiger charge is 2.34. The van der Waals surface area contributed by atoms with Crippen molar-refractivity contribution in [3.05, 3.63) is 83.4 Å². The van der Waals surface area contributed by atoms with Gasteiger partial charge in [0, 0.05) is 15.2 Å². The van der Waals surface area contributed by atoms with Crippen LogP contribution in [0.5, 0.6) is 0 Å². The predicted molar refractivity (Wildman–Crippen MR) is 106 cm³/mol. The van der Waals surface area contributed by atoms with Crippen LogP contribution in [0.25, 0.3) is 11.1 Å². The largest absolute Gasteiger partial charge is 0.465 e. The predicted octanol–water partition coefficient (Wildman–Crippen LogP) is 5.93. The van der Waals surface area contributed by atoms with E-state index in [0.29, 0.717) is 5.56 Å². The van der Waals surface area contributed by atoms with Crippen molar-refractivity contribution in [3.63, 3.8) is 0 Å². The molecule has 2 nitrogen and oxygen atoms in total. The monoisotopic (exact) mass is 360 g/mol. The highest BCUT2D eigenvalue weighted by molar-refractivity contribution is 7.99. The number of esters is 1. The minimum Gasteiger partial charge on any atom is -0.465 e. The molecule has 26 heavy (non-hydrogen) atoms. The van der Waals surface area contributed by atoms with Crippen LogP contribution in [0, 0.1) is 0 Å². The van der Waals surface area contributed by atoms with Gasteiger partial charge in [0.25, 0.3) is 0 Å². The zero-order chi connectivity index (χ0) is 18.3. The Hall–Kier alpha value is -2.52. The molecule has 4 rings (SSSR count). The van der Waals surface area contributed by atoms with E-state index >= 15 is 0 Å². The van der Waals surface area contributed by atoms with Crippen molar-refractivity contribution in [3.8, 4) is 11.1 Å². The van der Waals surface area contributed by atoms with E-state index in [2.05, 4.69) is 56.3 Å². The zero-order valence-electron chi connectivity index (χ0n) is 15.1. The van der Waals surface area contributed by atoms with Gasteiger partial charge in [-0.2, -0.15) is 0 Å². The van der Waals surface area contributed by atoms with Gasteiger partial charge in [-0.05, 0) is 34.4 Å². The molecule has 0 N–H and O–H groups in total. The Bertz CT molecular complexity index is 1000. The lowest BCUT2D eigenvalue weighted by atomic mass is 9.76. The number of ether oxygens (including phenoxy) is 1. The summed E-state index contributed by atoms with van der Waals surface area (Å²) in [6.07, 6.45) is 0. The van der Waals surface area contributed by atoms with E-state index in [-0.39, 0.29) is 11.4 Å². The van der Waals surface area contributed by atoms with E-state index in [9.17, 15) is 4.79 Å². The van der Waals surface area contributed by atoms with Gasteiger partial charge < -0.3 is 4.74 Å². The molecule has 3 heteroatoms. The number of rotatable bonds is 2. The third-order valence-corrected chi connectivity index (χ3v) is 6.30. The lowest BCUT2D eigenvalue weighted by Crippen LogP contribution is -2.24. The average molecular weight is 360 g/mol. The quantitative estimate of drug-likeness (QED) is 0.530. The molecule has 0 atom stereocenters.